The van der Waals surface area contributed by atoms with Crippen molar-refractivity contribution in [3.05, 3.63) is 44.8 Å². The van der Waals surface area contributed by atoms with Crippen molar-refractivity contribution in [3.8, 4) is 0 Å². The van der Waals surface area contributed by atoms with Crippen molar-refractivity contribution in [1.29, 1.82) is 0 Å². The predicted molar refractivity (Wildman–Crippen MR) is 179 cm³/mol. The lowest BCUT2D eigenvalue weighted by atomic mass is 10.0. The number of phosphoric acid groups is 1. The van der Waals surface area contributed by atoms with E-state index in [9.17, 15) is 23.6 Å². The van der Waals surface area contributed by atoms with E-state index in [0.29, 0.717) is 18.4 Å². The molecule has 4 atom stereocenters. The Bertz CT molecular complexity index is 1200. The molecule has 0 radical (unpaired) electrons. The molecule has 0 saturated heterocycles. The van der Waals surface area contributed by atoms with Crippen molar-refractivity contribution in [3.63, 3.8) is 0 Å². The molecular weight excluding hydrogens is 618 g/mol. The standard InChI is InChI=1S/C32H58N2O9P2/c1-4-6-8-9-10-11-12-13-14-15-16-17-18-19-20-21-25-44(37,40-24-7-5-2)43-45(38,39)41-27-29-22-23-30(42-29)34-26-28(3)31(35)33-32(34)36/h22-23,26,29-30H,4-21,24-25,27H2,1-3H3,(H,38,39)(H,33,35,36)/t29-,30+,44?/m0/s1. The van der Waals surface area contributed by atoms with Gasteiger partial charge in [-0.2, -0.15) is 0 Å². The Morgan fingerprint density at radius 3 is 1.89 bits per heavy atom. The lowest BCUT2D eigenvalue weighted by molar-refractivity contribution is -0.0103. The Hall–Kier alpha value is -1.32. The first kappa shape index (κ1) is 39.9. The molecule has 1 aromatic rings. The number of ether oxygens (including phenoxy) is 1. The van der Waals surface area contributed by atoms with Gasteiger partial charge in [0.25, 0.3) is 5.56 Å². The number of rotatable bonds is 27. The summed E-state index contributed by atoms with van der Waals surface area (Å²) < 4.78 is 48.9. The Morgan fingerprint density at radius 1 is 0.800 bits per heavy atom. The summed E-state index contributed by atoms with van der Waals surface area (Å²) in [5, 5.41) is 0. The molecule has 0 saturated carbocycles. The van der Waals surface area contributed by atoms with Gasteiger partial charge in [-0.05, 0) is 25.8 Å². The lowest BCUT2D eigenvalue weighted by Crippen LogP contribution is -2.33. The zero-order valence-corrected chi connectivity index (χ0v) is 29.6. The van der Waals surface area contributed by atoms with Crippen molar-refractivity contribution in [2.45, 2.75) is 149 Å². The monoisotopic (exact) mass is 676 g/mol. The van der Waals surface area contributed by atoms with E-state index in [0.717, 1.165) is 25.7 Å². The van der Waals surface area contributed by atoms with Crippen LogP contribution in [0, 0.1) is 6.92 Å². The number of hydrogen-bond acceptors (Lipinski definition) is 8. The number of hydrogen-bond donors (Lipinski definition) is 2. The van der Waals surface area contributed by atoms with Crippen molar-refractivity contribution >= 4 is 15.4 Å². The average Bonchev–Trinajstić information content (AvgIpc) is 3.47. The minimum atomic E-state index is -4.74. The molecule has 2 rings (SSSR count). The summed E-state index contributed by atoms with van der Waals surface area (Å²) in [6.45, 7) is 5.58. The summed E-state index contributed by atoms with van der Waals surface area (Å²) >= 11 is 0. The third-order valence-electron chi connectivity index (χ3n) is 7.93. The van der Waals surface area contributed by atoms with E-state index in [1.807, 2.05) is 6.92 Å². The number of nitrogens with zero attached hydrogens (tertiary/aromatic N) is 1. The summed E-state index contributed by atoms with van der Waals surface area (Å²) in [5.41, 5.74) is -0.790. The van der Waals surface area contributed by atoms with Gasteiger partial charge in [-0.1, -0.05) is 123 Å². The van der Waals surface area contributed by atoms with Crippen molar-refractivity contribution in [2.75, 3.05) is 19.4 Å². The molecule has 1 aliphatic rings. The highest BCUT2D eigenvalue weighted by Gasteiger charge is 2.37. The number of nitrogens with one attached hydrogen (secondary N) is 1. The summed E-state index contributed by atoms with van der Waals surface area (Å²) in [7, 11) is -8.61. The van der Waals surface area contributed by atoms with E-state index >= 15 is 0 Å². The van der Waals surface area contributed by atoms with Gasteiger partial charge in [0.05, 0.1) is 19.4 Å². The average molecular weight is 677 g/mol. The molecule has 1 aliphatic heterocycles. The first-order chi connectivity index (χ1) is 21.6. The van der Waals surface area contributed by atoms with Gasteiger partial charge >= 0.3 is 21.1 Å². The maximum absolute atomic E-state index is 13.4. The van der Waals surface area contributed by atoms with E-state index < -0.39 is 39.0 Å². The van der Waals surface area contributed by atoms with Gasteiger partial charge in [0.15, 0.2) is 6.23 Å². The molecule has 11 nitrogen and oxygen atoms in total. The smallest absolute Gasteiger partial charge is 0.344 e. The molecule has 0 spiro atoms. The Kier molecular flexibility index (Phi) is 19.7. The second kappa shape index (κ2) is 22.3. The van der Waals surface area contributed by atoms with Crippen LogP contribution < -0.4 is 11.2 Å². The SMILES string of the molecule is CCCCCCCCCCCCCCCCCCP(=O)(OCCCC)OP(=O)(O)OC[C@@H]1C=C[C@H](n2cc(C)c(=O)[nH]c2=O)O1. The van der Waals surface area contributed by atoms with Crippen LogP contribution in [0.5, 0.6) is 0 Å². The van der Waals surface area contributed by atoms with Crippen LogP contribution in [0.15, 0.2) is 27.9 Å². The van der Waals surface area contributed by atoms with E-state index in [1.165, 1.54) is 87.8 Å². The maximum Gasteiger partial charge on any atom is 0.479 e. The lowest BCUT2D eigenvalue weighted by Gasteiger charge is -2.22. The fraction of sp³-hybridized carbons (Fsp3) is 0.812. The summed E-state index contributed by atoms with van der Waals surface area (Å²) in [6, 6.07) is 0. The minimum absolute atomic E-state index is 0.0411. The number of aromatic nitrogens is 2. The fourth-order valence-corrected chi connectivity index (χ4v) is 8.64. The van der Waals surface area contributed by atoms with Gasteiger partial charge in [-0.3, -0.25) is 23.4 Å². The Balaban J connectivity index is 1.66. The quantitative estimate of drug-likeness (QED) is 0.0531. The van der Waals surface area contributed by atoms with Crippen molar-refractivity contribution in [2.24, 2.45) is 0 Å². The van der Waals surface area contributed by atoms with Gasteiger partial charge in [-0.25, -0.2) is 13.7 Å². The van der Waals surface area contributed by atoms with Crippen LogP contribution in [-0.2, 0) is 27.2 Å². The van der Waals surface area contributed by atoms with Gasteiger partial charge < -0.3 is 14.2 Å². The van der Waals surface area contributed by atoms with Crippen molar-refractivity contribution in [1.82, 2.24) is 9.55 Å². The van der Waals surface area contributed by atoms with Gasteiger partial charge in [0, 0.05) is 11.8 Å². The normalized spacial score (nSPS) is 19.1. The fourth-order valence-electron chi connectivity index (χ4n) is 5.20. The number of aryl methyl sites for hydroxylation is 1. The van der Waals surface area contributed by atoms with E-state index in [1.54, 1.807) is 19.1 Å². The maximum atomic E-state index is 13.4. The van der Waals surface area contributed by atoms with Gasteiger partial charge in [-0.15, -0.1) is 0 Å². The molecule has 0 amide bonds. The highest BCUT2D eigenvalue weighted by molar-refractivity contribution is 7.64. The molecule has 2 N–H and O–H groups in total. The molecule has 0 aromatic carbocycles. The summed E-state index contributed by atoms with van der Waals surface area (Å²) in [6.07, 6.45) is 23.9. The number of aromatic amines is 1. The molecule has 2 heterocycles. The topological polar surface area (TPSA) is 146 Å². The zero-order valence-electron chi connectivity index (χ0n) is 27.8. The number of H-pyrrole nitrogens is 1. The number of phosphoric ester groups is 1. The van der Waals surface area contributed by atoms with Crippen LogP contribution in [0.3, 0.4) is 0 Å². The van der Waals surface area contributed by atoms with Crippen LogP contribution in [-0.4, -0.2) is 39.9 Å². The molecule has 1 aromatic heterocycles. The Labute approximate surface area is 269 Å². The van der Waals surface area contributed by atoms with E-state index in [4.69, 9.17) is 18.1 Å². The third kappa shape index (κ3) is 16.9. The van der Waals surface area contributed by atoms with E-state index in [-0.39, 0.29) is 19.4 Å². The summed E-state index contributed by atoms with van der Waals surface area (Å²) in [5.74, 6) is 0. The highest BCUT2D eigenvalue weighted by atomic mass is 31.3. The van der Waals surface area contributed by atoms with Crippen LogP contribution in [0.1, 0.15) is 141 Å². The minimum Gasteiger partial charge on any atom is -0.344 e. The number of unbranched alkanes of at least 4 members (excludes halogenated alkanes) is 16. The highest BCUT2D eigenvalue weighted by Crippen LogP contribution is 2.63. The molecular formula is C32H58N2O9P2. The first-order valence-electron chi connectivity index (χ1n) is 17.2. The van der Waals surface area contributed by atoms with Crippen LogP contribution in [0.4, 0.5) is 0 Å². The second-order valence-electron chi connectivity index (χ2n) is 12.1. The molecule has 0 aliphatic carbocycles. The first-order valence-corrected chi connectivity index (χ1v) is 20.4. The molecule has 13 heteroatoms. The van der Waals surface area contributed by atoms with Crippen LogP contribution in [0.2, 0.25) is 0 Å². The zero-order chi connectivity index (χ0) is 33.0. The molecule has 2 unspecified atom stereocenters. The third-order valence-corrected chi connectivity index (χ3v) is 11.7. The molecule has 260 valence electrons. The van der Waals surface area contributed by atoms with E-state index in [2.05, 4.69) is 11.9 Å². The van der Waals surface area contributed by atoms with Gasteiger partial charge in [0.2, 0.25) is 0 Å². The molecule has 45 heavy (non-hydrogen) atoms. The Morgan fingerprint density at radius 2 is 1.33 bits per heavy atom. The predicted octanol–water partition coefficient (Wildman–Crippen LogP) is 8.70. The van der Waals surface area contributed by atoms with Gasteiger partial charge in [0.1, 0.15) is 6.10 Å². The molecule has 0 fully saturated rings. The van der Waals surface area contributed by atoms with Crippen LogP contribution >= 0.6 is 15.4 Å². The summed E-state index contributed by atoms with van der Waals surface area (Å²) in [4.78, 5) is 36.4. The largest absolute Gasteiger partial charge is 0.479 e. The van der Waals surface area contributed by atoms with Crippen molar-refractivity contribution < 1.29 is 32.1 Å². The second-order valence-corrected chi connectivity index (χ2v) is 15.9. The van der Waals surface area contributed by atoms with Crippen LogP contribution in [0.25, 0.3) is 0 Å². The molecule has 0 bridgehead atoms.